The molecule has 2 nitrogen and oxygen atoms in total. The summed E-state index contributed by atoms with van der Waals surface area (Å²) in [6.45, 7) is 3.63. The van der Waals surface area contributed by atoms with E-state index in [4.69, 9.17) is 4.74 Å². The van der Waals surface area contributed by atoms with Crippen LogP contribution < -0.4 is 0 Å². The first kappa shape index (κ1) is 23.8. The lowest BCUT2D eigenvalue weighted by molar-refractivity contribution is -0.131. The number of carbonyl (C=O) groups is 1. The third-order valence-electron chi connectivity index (χ3n) is 6.18. The molecule has 0 unspecified atom stereocenters. The minimum Gasteiger partial charge on any atom is -0.422 e. The van der Waals surface area contributed by atoms with Crippen molar-refractivity contribution < 1.29 is 9.53 Å². The lowest BCUT2D eigenvalue weighted by Crippen LogP contribution is -2.05. The number of benzene rings is 5. The van der Waals surface area contributed by atoms with Gasteiger partial charge < -0.3 is 4.74 Å². The van der Waals surface area contributed by atoms with E-state index >= 15 is 0 Å². The van der Waals surface area contributed by atoms with Crippen LogP contribution in [-0.2, 0) is 9.53 Å². The van der Waals surface area contributed by atoms with Crippen LogP contribution in [-0.4, -0.2) is 5.97 Å². The van der Waals surface area contributed by atoms with Crippen molar-refractivity contribution >= 4 is 17.3 Å². The van der Waals surface area contributed by atoms with Crippen LogP contribution in [0.4, 0.5) is 0 Å². The highest BCUT2D eigenvalue weighted by Crippen LogP contribution is 2.42. The Morgan fingerprint density at radius 1 is 0.568 bits per heavy atom. The molecule has 0 spiro atoms. The molecular weight excluding hydrogens is 452 g/mol. The molecular formula is C35H26O2. The second kappa shape index (κ2) is 11.2. The van der Waals surface area contributed by atoms with Gasteiger partial charge in [-0.05, 0) is 33.4 Å². The van der Waals surface area contributed by atoms with Gasteiger partial charge in [-0.2, -0.15) is 0 Å². The number of hydrogen-bond acceptors (Lipinski definition) is 2. The number of esters is 1. The van der Waals surface area contributed by atoms with Gasteiger partial charge in [0.1, 0.15) is 5.76 Å². The van der Waals surface area contributed by atoms with Crippen molar-refractivity contribution in [3.63, 3.8) is 0 Å². The van der Waals surface area contributed by atoms with E-state index in [2.05, 4.69) is 49.0 Å². The summed E-state index contributed by atoms with van der Waals surface area (Å²) in [4.78, 5) is 12.6. The Balaban J connectivity index is 1.91. The molecule has 178 valence electrons. The molecule has 0 aromatic heterocycles. The molecule has 0 aliphatic carbocycles. The molecule has 0 aliphatic rings. The Kier molecular flexibility index (Phi) is 7.19. The van der Waals surface area contributed by atoms with Crippen molar-refractivity contribution in [2.75, 3.05) is 0 Å². The van der Waals surface area contributed by atoms with E-state index in [1.54, 1.807) is 0 Å². The van der Waals surface area contributed by atoms with Gasteiger partial charge in [0.25, 0.3) is 0 Å². The summed E-state index contributed by atoms with van der Waals surface area (Å²) in [6.07, 6.45) is 1.20. The molecule has 0 saturated heterocycles. The second-order valence-corrected chi connectivity index (χ2v) is 8.52. The molecule has 37 heavy (non-hydrogen) atoms. The number of rotatable bonds is 7. The first-order chi connectivity index (χ1) is 18.3. The average Bonchev–Trinajstić information content (AvgIpc) is 2.98. The van der Waals surface area contributed by atoms with Crippen LogP contribution in [0.15, 0.2) is 152 Å². The zero-order valence-corrected chi connectivity index (χ0v) is 20.4. The molecule has 0 bridgehead atoms. The van der Waals surface area contributed by atoms with E-state index in [0.29, 0.717) is 5.76 Å². The minimum atomic E-state index is -0.507. The maximum Gasteiger partial charge on any atom is 0.335 e. The van der Waals surface area contributed by atoms with Crippen molar-refractivity contribution in [3.05, 3.63) is 169 Å². The standard InChI is InChI=1S/C35H26O2/c1-2-32(36)37-35(29-22-13-6-14-23-29)34(28-20-11-5-12-21-28)31-25-15-24-30(26-16-7-3-8-17-26)33(31)27-18-9-4-10-19-27/h2-25H,1H2. The van der Waals surface area contributed by atoms with Gasteiger partial charge in [0, 0.05) is 17.2 Å². The summed E-state index contributed by atoms with van der Waals surface area (Å²) < 4.78 is 6.02. The average molecular weight is 479 g/mol. The van der Waals surface area contributed by atoms with Crippen molar-refractivity contribution in [2.24, 2.45) is 0 Å². The molecule has 0 aliphatic heterocycles. The fourth-order valence-corrected chi connectivity index (χ4v) is 4.53. The third kappa shape index (κ3) is 5.19. The van der Waals surface area contributed by atoms with Gasteiger partial charge in [-0.15, -0.1) is 0 Å². The van der Waals surface area contributed by atoms with Crippen LogP contribution in [0.25, 0.3) is 33.6 Å². The summed E-state index contributed by atoms with van der Waals surface area (Å²) in [5.74, 6) is -0.0214. The molecule has 0 N–H and O–H groups in total. The topological polar surface area (TPSA) is 26.3 Å². The quantitative estimate of drug-likeness (QED) is 0.101. The van der Waals surface area contributed by atoms with Crippen LogP contribution in [0.2, 0.25) is 0 Å². The first-order valence-corrected chi connectivity index (χ1v) is 12.2. The third-order valence-corrected chi connectivity index (χ3v) is 6.18. The largest absolute Gasteiger partial charge is 0.422 e. The van der Waals surface area contributed by atoms with Crippen LogP contribution >= 0.6 is 0 Å². The molecule has 2 heteroatoms. The Morgan fingerprint density at radius 3 is 1.65 bits per heavy atom. The van der Waals surface area contributed by atoms with Gasteiger partial charge in [0.15, 0.2) is 0 Å². The summed E-state index contributed by atoms with van der Waals surface area (Å²) in [6, 6.07) is 46.8. The Morgan fingerprint density at radius 2 is 1.08 bits per heavy atom. The second-order valence-electron chi connectivity index (χ2n) is 8.52. The highest BCUT2D eigenvalue weighted by atomic mass is 16.5. The molecule has 5 aromatic rings. The molecule has 0 amide bonds. The lowest BCUT2D eigenvalue weighted by Gasteiger charge is -2.21. The first-order valence-electron chi connectivity index (χ1n) is 12.2. The van der Waals surface area contributed by atoms with E-state index in [1.165, 1.54) is 6.08 Å². The van der Waals surface area contributed by atoms with Crippen LogP contribution in [0.5, 0.6) is 0 Å². The monoisotopic (exact) mass is 478 g/mol. The van der Waals surface area contributed by atoms with Crippen molar-refractivity contribution in [2.45, 2.75) is 0 Å². The molecule has 0 heterocycles. The van der Waals surface area contributed by atoms with Gasteiger partial charge in [0.05, 0.1) is 0 Å². The predicted octanol–water partition coefficient (Wildman–Crippen LogP) is 8.67. The van der Waals surface area contributed by atoms with Crippen molar-refractivity contribution in [1.29, 1.82) is 0 Å². The highest BCUT2D eigenvalue weighted by molar-refractivity contribution is 6.05. The van der Waals surface area contributed by atoms with E-state index in [9.17, 15) is 4.79 Å². The molecule has 0 atom stereocenters. The Labute approximate surface area is 217 Å². The van der Waals surface area contributed by atoms with E-state index < -0.39 is 5.97 Å². The van der Waals surface area contributed by atoms with Gasteiger partial charge in [-0.3, -0.25) is 0 Å². The molecule has 5 rings (SSSR count). The zero-order valence-electron chi connectivity index (χ0n) is 20.4. The molecule has 0 fully saturated rings. The lowest BCUT2D eigenvalue weighted by atomic mass is 9.84. The number of hydrogen-bond donors (Lipinski definition) is 0. The maximum absolute atomic E-state index is 12.6. The zero-order chi connectivity index (χ0) is 25.5. The van der Waals surface area contributed by atoms with E-state index in [-0.39, 0.29) is 0 Å². The number of ether oxygens (including phenoxy) is 1. The van der Waals surface area contributed by atoms with E-state index in [1.807, 2.05) is 97.1 Å². The summed E-state index contributed by atoms with van der Waals surface area (Å²) >= 11 is 0. The van der Waals surface area contributed by atoms with Gasteiger partial charge >= 0.3 is 5.97 Å². The Bertz CT molecular complexity index is 1540. The van der Waals surface area contributed by atoms with Crippen LogP contribution in [0.1, 0.15) is 16.7 Å². The minimum absolute atomic E-state index is 0.485. The summed E-state index contributed by atoms with van der Waals surface area (Å²) in [7, 11) is 0. The summed E-state index contributed by atoms with van der Waals surface area (Å²) in [5.41, 5.74) is 7.90. The molecule has 0 radical (unpaired) electrons. The maximum atomic E-state index is 12.6. The normalized spacial score (nSPS) is 11.4. The van der Waals surface area contributed by atoms with Gasteiger partial charge in [-0.25, -0.2) is 4.79 Å². The van der Waals surface area contributed by atoms with Gasteiger partial charge in [0.2, 0.25) is 0 Å². The van der Waals surface area contributed by atoms with Crippen molar-refractivity contribution in [3.8, 4) is 22.3 Å². The fourth-order valence-electron chi connectivity index (χ4n) is 4.53. The van der Waals surface area contributed by atoms with Crippen LogP contribution in [0.3, 0.4) is 0 Å². The summed E-state index contributed by atoms with van der Waals surface area (Å²) in [5, 5.41) is 0. The van der Waals surface area contributed by atoms with E-state index in [0.717, 1.165) is 44.5 Å². The highest BCUT2D eigenvalue weighted by Gasteiger charge is 2.22. The van der Waals surface area contributed by atoms with Crippen molar-refractivity contribution in [1.82, 2.24) is 0 Å². The fraction of sp³-hybridized carbons (Fsp3) is 0. The predicted molar refractivity (Wildman–Crippen MR) is 152 cm³/mol. The molecule has 5 aromatic carbocycles. The Hall–Kier alpha value is -4.95. The number of carbonyl (C=O) groups excluding carboxylic acids is 1. The molecule has 0 saturated carbocycles. The smallest absolute Gasteiger partial charge is 0.335 e. The SMILES string of the molecule is C=CC(=O)OC(=C(c1ccccc1)c1cccc(-c2ccccc2)c1-c1ccccc1)c1ccccc1. The van der Waals surface area contributed by atoms with Crippen LogP contribution in [0, 0.1) is 0 Å². The van der Waals surface area contributed by atoms with Gasteiger partial charge in [-0.1, -0.05) is 146 Å².